The van der Waals surface area contributed by atoms with Crippen molar-refractivity contribution in [1.29, 1.82) is 0 Å². The zero-order valence-electron chi connectivity index (χ0n) is 9.40. The lowest BCUT2D eigenvalue weighted by molar-refractivity contribution is -0.137. The number of benzene rings is 1. The van der Waals surface area contributed by atoms with E-state index in [-0.39, 0.29) is 25.8 Å². The Balaban J connectivity index is 2.57. The molecule has 0 fully saturated rings. The Morgan fingerprint density at radius 3 is 1.95 bits per heavy atom. The van der Waals surface area contributed by atoms with E-state index in [4.69, 9.17) is 46.4 Å². The number of nitrogens with zero attached hydrogens (tertiary/aromatic N) is 1. The van der Waals surface area contributed by atoms with Gasteiger partial charge in [-0.3, -0.25) is 4.98 Å². The van der Waals surface area contributed by atoms with Crippen molar-refractivity contribution in [2.45, 2.75) is 6.18 Å². The zero-order valence-corrected chi connectivity index (χ0v) is 12.4. The summed E-state index contributed by atoms with van der Waals surface area (Å²) in [6, 6.07) is 3.55. The molecule has 0 radical (unpaired) electrons. The number of hydrogen-bond donors (Lipinski definition) is 0. The molecule has 1 aromatic carbocycles. The highest BCUT2D eigenvalue weighted by Crippen LogP contribution is 2.39. The minimum atomic E-state index is -4.52. The van der Waals surface area contributed by atoms with Gasteiger partial charge in [0.2, 0.25) is 0 Å². The average molecular weight is 361 g/mol. The van der Waals surface area contributed by atoms with Crippen molar-refractivity contribution in [1.82, 2.24) is 4.98 Å². The Kier molecular flexibility index (Phi) is 4.40. The fraction of sp³-hybridized carbons (Fsp3) is 0.0833. The molecule has 0 spiro atoms. The van der Waals surface area contributed by atoms with Crippen LogP contribution in [0, 0.1) is 0 Å². The molecule has 8 heteroatoms. The van der Waals surface area contributed by atoms with Gasteiger partial charge in [0.1, 0.15) is 0 Å². The minimum absolute atomic E-state index is 0.100. The molecule has 0 saturated heterocycles. The summed E-state index contributed by atoms with van der Waals surface area (Å²) in [5, 5.41) is 0.431. The predicted molar refractivity (Wildman–Crippen MR) is 74.7 cm³/mol. The molecule has 2 aromatic rings. The molecule has 1 aromatic heterocycles. The first-order valence-corrected chi connectivity index (χ1v) is 6.59. The van der Waals surface area contributed by atoms with Gasteiger partial charge in [-0.1, -0.05) is 46.4 Å². The van der Waals surface area contributed by atoms with Crippen LogP contribution in [0.3, 0.4) is 0 Å². The van der Waals surface area contributed by atoms with Crippen LogP contribution in [0.5, 0.6) is 0 Å². The van der Waals surface area contributed by atoms with Gasteiger partial charge in [-0.15, -0.1) is 0 Å². The molecule has 1 heterocycles. The first-order valence-electron chi connectivity index (χ1n) is 5.08. The highest BCUT2D eigenvalue weighted by Gasteiger charge is 2.31. The van der Waals surface area contributed by atoms with E-state index in [0.717, 1.165) is 6.07 Å². The summed E-state index contributed by atoms with van der Waals surface area (Å²) >= 11 is 23.4. The van der Waals surface area contributed by atoms with Crippen molar-refractivity contribution < 1.29 is 13.2 Å². The summed E-state index contributed by atoms with van der Waals surface area (Å²) in [6.07, 6.45) is -3.84. The SMILES string of the molecule is FC(F)(F)c1cnc(-c2cc(Cl)c(Cl)cc2Cl)c(Cl)c1. The number of alkyl halides is 3. The van der Waals surface area contributed by atoms with E-state index in [1.807, 2.05) is 0 Å². The van der Waals surface area contributed by atoms with Crippen LogP contribution in [0.2, 0.25) is 20.1 Å². The van der Waals surface area contributed by atoms with Crippen molar-refractivity contribution in [2.24, 2.45) is 0 Å². The first kappa shape index (κ1) is 15.7. The van der Waals surface area contributed by atoms with E-state index in [9.17, 15) is 13.2 Å². The lowest BCUT2D eigenvalue weighted by Gasteiger charge is -2.11. The van der Waals surface area contributed by atoms with Crippen LogP contribution in [0.1, 0.15) is 5.56 Å². The quantitative estimate of drug-likeness (QED) is 0.537. The lowest BCUT2D eigenvalue weighted by atomic mass is 10.1. The molecule has 106 valence electrons. The van der Waals surface area contributed by atoms with E-state index < -0.39 is 11.7 Å². The molecule has 0 atom stereocenters. The summed E-state index contributed by atoms with van der Waals surface area (Å²) in [6.45, 7) is 0. The van der Waals surface area contributed by atoms with Crippen molar-refractivity contribution in [2.75, 3.05) is 0 Å². The highest BCUT2D eigenvalue weighted by molar-refractivity contribution is 6.44. The molecule has 0 N–H and O–H groups in total. The maximum Gasteiger partial charge on any atom is 0.417 e. The molecule has 1 nitrogen and oxygen atoms in total. The second kappa shape index (κ2) is 5.60. The maximum absolute atomic E-state index is 12.5. The monoisotopic (exact) mass is 359 g/mol. The van der Waals surface area contributed by atoms with Crippen molar-refractivity contribution in [3.63, 3.8) is 0 Å². The third kappa shape index (κ3) is 3.14. The zero-order chi connectivity index (χ0) is 15.1. The Morgan fingerprint density at radius 1 is 0.800 bits per heavy atom. The summed E-state index contributed by atoms with van der Waals surface area (Å²) < 4.78 is 37.6. The van der Waals surface area contributed by atoms with Crippen molar-refractivity contribution >= 4 is 46.4 Å². The lowest BCUT2D eigenvalue weighted by Crippen LogP contribution is -2.05. The standard InChI is InChI=1S/C12H4Cl4F3N/c13-7-3-9(15)8(14)2-6(7)11-10(16)1-5(4-20-11)12(17,18)19/h1-4H. The van der Waals surface area contributed by atoms with Gasteiger partial charge in [0.15, 0.2) is 0 Å². The second-order valence-electron chi connectivity index (χ2n) is 3.80. The molecule has 20 heavy (non-hydrogen) atoms. The molecule has 0 aliphatic carbocycles. The summed E-state index contributed by atoms with van der Waals surface area (Å²) in [7, 11) is 0. The van der Waals surface area contributed by atoms with Gasteiger partial charge < -0.3 is 0 Å². The van der Waals surface area contributed by atoms with Crippen LogP contribution in [-0.2, 0) is 6.18 Å². The van der Waals surface area contributed by atoms with Crippen LogP contribution in [-0.4, -0.2) is 4.98 Å². The van der Waals surface area contributed by atoms with Crippen molar-refractivity contribution in [3.05, 3.63) is 50.0 Å². The van der Waals surface area contributed by atoms with E-state index in [0.29, 0.717) is 11.8 Å². The van der Waals surface area contributed by atoms with E-state index in [2.05, 4.69) is 4.98 Å². The molecule has 0 unspecified atom stereocenters. The smallest absolute Gasteiger partial charge is 0.254 e. The summed E-state index contributed by atoms with van der Waals surface area (Å²) in [5.74, 6) is 0. The average Bonchev–Trinajstić information content (AvgIpc) is 2.33. The molecule has 0 bridgehead atoms. The second-order valence-corrected chi connectivity index (χ2v) is 5.43. The van der Waals surface area contributed by atoms with Gasteiger partial charge in [0, 0.05) is 11.8 Å². The molecular weight excluding hydrogens is 357 g/mol. The molecular formula is C12H4Cl4F3N. The van der Waals surface area contributed by atoms with Crippen LogP contribution < -0.4 is 0 Å². The number of rotatable bonds is 1. The normalized spacial score (nSPS) is 11.8. The van der Waals surface area contributed by atoms with Crippen LogP contribution >= 0.6 is 46.4 Å². The summed E-state index contributed by atoms with van der Waals surface area (Å²) in [4.78, 5) is 3.71. The predicted octanol–water partition coefficient (Wildman–Crippen LogP) is 6.38. The first-order chi connectivity index (χ1) is 9.20. The number of halogens is 7. The van der Waals surface area contributed by atoms with Crippen LogP contribution in [0.4, 0.5) is 13.2 Å². The minimum Gasteiger partial charge on any atom is -0.254 e. The summed E-state index contributed by atoms with van der Waals surface area (Å²) in [5.41, 5.74) is -0.537. The maximum atomic E-state index is 12.5. The number of pyridine rings is 1. The molecule has 0 amide bonds. The third-order valence-electron chi connectivity index (χ3n) is 2.43. The van der Waals surface area contributed by atoms with Crippen molar-refractivity contribution in [3.8, 4) is 11.3 Å². The van der Waals surface area contributed by atoms with Gasteiger partial charge in [-0.25, -0.2) is 0 Å². The largest absolute Gasteiger partial charge is 0.417 e. The Hall–Kier alpha value is -0.680. The topological polar surface area (TPSA) is 12.9 Å². The molecule has 0 aliphatic rings. The van der Waals surface area contributed by atoms with Gasteiger partial charge in [0.25, 0.3) is 0 Å². The van der Waals surface area contributed by atoms with Gasteiger partial charge in [0.05, 0.1) is 31.3 Å². The molecule has 0 aliphatic heterocycles. The Labute approximate surface area is 132 Å². The third-order valence-corrected chi connectivity index (χ3v) is 3.76. The van der Waals surface area contributed by atoms with E-state index in [1.165, 1.54) is 12.1 Å². The fourth-order valence-corrected chi connectivity index (χ4v) is 2.40. The number of aromatic nitrogens is 1. The molecule has 2 rings (SSSR count). The van der Waals surface area contributed by atoms with Crippen LogP contribution in [0.25, 0.3) is 11.3 Å². The van der Waals surface area contributed by atoms with E-state index >= 15 is 0 Å². The Bertz CT molecular complexity index is 670. The van der Waals surface area contributed by atoms with Crippen LogP contribution in [0.15, 0.2) is 24.4 Å². The highest BCUT2D eigenvalue weighted by atomic mass is 35.5. The fourth-order valence-electron chi connectivity index (χ4n) is 1.50. The van der Waals surface area contributed by atoms with Gasteiger partial charge in [-0.2, -0.15) is 13.2 Å². The van der Waals surface area contributed by atoms with E-state index in [1.54, 1.807) is 0 Å². The van der Waals surface area contributed by atoms with Gasteiger partial charge >= 0.3 is 6.18 Å². The Morgan fingerprint density at radius 2 is 1.40 bits per heavy atom. The molecule has 0 saturated carbocycles. The number of hydrogen-bond acceptors (Lipinski definition) is 1. The van der Waals surface area contributed by atoms with Gasteiger partial charge in [-0.05, 0) is 18.2 Å².